The van der Waals surface area contributed by atoms with Crippen LogP contribution in [0.4, 0.5) is 10.2 Å². The Bertz CT molecular complexity index is 719. The fourth-order valence-corrected chi connectivity index (χ4v) is 3.10. The number of aromatic nitrogens is 1. The van der Waals surface area contributed by atoms with Crippen LogP contribution in [-0.4, -0.2) is 13.4 Å². The zero-order valence-electron chi connectivity index (χ0n) is 9.89. The molecule has 0 radical (unpaired) electrons. The maximum absolute atomic E-state index is 13.5. The highest BCUT2D eigenvalue weighted by molar-refractivity contribution is 9.10. The lowest BCUT2D eigenvalue weighted by Crippen LogP contribution is -2.16. The predicted molar refractivity (Wildman–Crippen MR) is 73.9 cm³/mol. The van der Waals surface area contributed by atoms with Crippen molar-refractivity contribution in [2.24, 2.45) is 0 Å². The smallest absolute Gasteiger partial charge is 0.263 e. The summed E-state index contributed by atoms with van der Waals surface area (Å²) in [4.78, 5) is 3.55. The van der Waals surface area contributed by atoms with Crippen LogP contribution in [0.3, 0.4) is 0 Å². The van der Waals surface area contributed by atoms with E-state index in [0.29, 0.717) is 5.56 Å². The molecule has 0 atom stereocenters. The SMILES string of the molecule is Cc1cc(Br)cnc1NS(=O)(=O)c1ccccc1F. The van der Waals surface area contributed by atoms with Gasteiger partial charge in [0.25, 0.3) is 10.0 Å². The Morgan fingerprint density at radius 1 is 1.32 bits per heavy atom. The molecule has 0 fully saturated rings. The molecule has 2 rings (SSSR count). The molecule has 0 amide bonds. The summed E-state index contributed by atoms with van der Waals surface area (Å²) in [5.41, 5.74) is 0.634. The maximum Gasteiger partial charge on any atom is 0.265 e. The molecule has 1 N–H and O–H groups in total. The molecule has 0 spiro atoms. The molecule has 0 saturated heterocycles. The molecule has 1 heterocycles. The van der Waals surface area contributed by atoms with Crippen molar-refractivity contribution in [3.8, 4) is 0 Å². The number of hydrogen-bond acceptors (Lipinski definition) is 3. The van der Waals surface area contributed by atoms with E-state index >= 15 is 0 Å². The van der Waals surface area contributed by atoms with Crippen molar-refractivity contribution in [1.29, 1.82) is 0 Å². The molecular weight excluding hydrogens is 335 g/mol. The van der Waals surface area contributed by atoms with E-state index in [2.05, 4.69) is 25.6 Å². The molecule has 0 bridgehead atoms. The van der Waals surface area contributed by atoms with Crippen molar-refractivity contribution in [2.45, 2.75) is 11.8 Å². The first-order chi connectivity index (χ1) is 8.90. The first-order valence-corrected chi connectivity index (χ1v) is 7.57. The van der Waals surface area contributed by atoms with Crippen molar-refractivity contribution >= 4 is 31.8 Å². The van der Waals surface area contributed by atoms with Gasteiger partial charge in [0.05, 0.1) is 0 Å². The van der Waals surface area contributed by atoms with E-state index in [4.69, 9.17) is 0 Å². The minimum absolute atomic E-state index is 0.173. The van der Waals surface area contributed by atoms with Crippen LogP contribution in [0, 0.1) is 12.7 Å². The molecule has 0 aliphatic rings. The highest BCUT2D eigenvalue weighted by Crippen LogP contribution is 2.21. The minimum atomic E-state index is -3.98. The molecular formula is C12H10BrFN2O2S. The van der Waals surface area contributed by atoms with E-state index in [1.54, 1.807) is 13.0 Å². The van der Waals surface area contributed by atoms with Gasteiger partial charge in [-0.25, -0.2) is 17.8 Å². The van der Waals surface area contributed by atoms with E-state index in [1.165, 1.54) is 24.4 Å². The van der Waals surface area contributed by atoms with Gasteiger partial charge in [0.2, 0.25) is 0 Å². The number of sulfonamides is 1. The normalized spacial score (nSPS) is 11.3. The number of aryl methyl sites for hydroxylation is 1. The Labute approximate surface area is 118 Å². The Morgan fingerprint density at radius 2 is 2.00 bits per heavy atom. The Balaban J connectivity index is 2.40. The lowest BCUT2D eigenvalue weighted by molar-refractivity contribution is 0.570. The zero-order valence-corrected chi connectivity index (χ0v) is 12.3. The molecule has 0 aliphatic heterocycles. The van der Waals surface area contributed by atoms with Gasteiger partial charge < -0.3 is 0 Å². The van der Waals surface area contributed by atoms with E-state index in [1.807, 2.05) is 0 Å². The van der Waals surface area contributed by atoms with Gasteiger partial charge in [0, 0.05) is 10.7 Å². The second kappa shape index (κ2) is 5.26. The minimum Gasteiger partial charge on any atom is -0.263 e. The highest BCUT2D eigenvalue weighted by Gasteiger charge is 2.19. The van der Waals surface area contributed by atoms with Gasteiger partial charge in [-0.3, -0.25) is 4.72 Å². The number of nitrogens with one attached hydrogen (secondary N) is 1. The Morgan fingerprint density at radius 3 is 2.63 bits per heavy atom. The molecule has 4 nitrogen and oxygen atoms in total. The first kappa shape index (κ1) is 14.0. The molecule has 2 aromatic rings. The van der Waals surface area contributed by atoms with Gasteiger partial charge in [-0.1, -0.05) is 12.1 Å². The fourth-order valence-electron chi connectivity index (χ4n) is 1.49. The van der Waals surface area contributed by atoms with E-state index in [-0.39, 0.29) is 5.82 Å². The van der Waals surface area contributed by atoms with Crippen LogP contribution in [0.5, 0.6) is 0 Å². The van der Waals surface area contributed by atoms with Crippen molar-refractivity contribution in [1.82, 2.24) is 4.98 Å². The molecule has 0 unspecified atom stereocenters. The van der Waals surface area contributed by atoms with E-state index in [0.717, 1.165) is 10.5 Å². The number of halogens is 2. The third-order valence-corrected chi connectivity index (χ3v) is 4.21. The van der Waals surface area contributed by atoms with Crippen LogP contribution in [-0.2, 0) is 10.0 Å². The summed E-state index contributed by atoms with van der Waals surface area (Å²) in [6.45, 7) is 1.71. The molecule has 1 aromatic carbocycles. The number of hydrogen-bond donors (Lipinski definition) is 1. The third-order valence-electron chi connectivity index (χ3n) is 2.40. The van der Waals surface area contributed by atoms with Gasteiger partial charge in [-0.05, 0) is 46.6 Å². The topological polar surface area (TPSA) is 59.1 Å². The number of benzene rings is 1. The predicted octanol–water partition coefficient (Wildman–Crippen LogP) is 3.09. The van der Waals surface area contributed by atoms with Crippen molar-refractivity contribution < 1.29 is 12.8 Å². The number of rotatable bonds is 3. The average molecular weight is 345 g/mol. The average Bonchev–Trinajstić information content (AvgIpc) is 2.33. The molecule has 19 heavy (non-hydrogen) atoms. The van der Waals surface area contributed by atoms with E-state index in [9.17, 15) is 12.8 Å². The van der Waals surface area contributed by atoms with Gasteiger partial charge in [0.1, 0.15) is 16.5 Å². The number of pyridine rings is 1. The summed E-state index contributed by atoms with van der Waals surface area (Å²) >= 11 is 3.23. The monoisotopic (exact) mass is 344 g/mol. The summed E-state index contributed by atoms with van der Waals surface area (Å²) in [5, 5.41) is 0. The maximum atomic E-state index is 13.5. The van der Waals surface area contributed by atoms with Crippen LogP contribution in [0.2, 0.25) is 0 Å². The quantitative estimate of drug-likeness (QED) is 0.930. The van der Waals surface area contributed by atoms with Crippen molar-refractivity contribution in [2.75, 3.05) is 4.72 Å². The van der Waals surface area contributed by atoms with Crippen LogP contribution < -0.4 is 4.72 Å². The summed E-state index contributed by atoms with van der Waals surface area (Å²) in [6.07, 6.45) is 1.46. The number of nitrogens with zero attached hydrogens (tertiary/aromatic N) is 1. The van der Waals surface area contributed by atoms with Gasteiger partial charge in [0.15, 0.2) is 0 Å². The summed E-state index contributed by atoms with van der Waals surface area (Å²) in [5.74, 6) is -0.629. The van der Waals surface area contributed by atoms with E-state index < -0.39 is 20.7 Å². The second-order valence-corrected chi connectivity index (χ2v) is 6.42. The Hall–Kier alpha value is -1.47. The van der Waals surface area contributed by atoms with Gasteiger partial charge in [-0.2, -0.15) is 0 Å². The largest absolute Gasteiger partial charge is 0.265 e. The Kier molecular flexibility index (Phi) is 3.86. The van der Waals surface area contributed by atoms with Crippen LogP contribution in [0.1, 0.15) is 5.56 Å². The first-order valence-electron chi connectivity index (χ1n) is 5.29. The van der Waals surface area contributed by atoms with Crippen molar-refractivity contribution in [3.05, 3.63) is 52.4 Å². The lowest BCUT2D eigenvalue weighted by atomic mass is 10.3. The van der Waals surface area contributed by atoms with Crippen molar-refractivity contribution in [3.63, 3.8) is 0 Å². The van der Waals surface area contributed by atoms with Gasteiger partial charge >= 0.3 is 0 Å². The van der Waals surface area contributed by atoms with Crippen LogP contribution in [0.25, 0.3) is 0 Å². The standard InChI is InChI=1S/C12H10BrFN2O2S/c1-8-6-9(13)7-15-12(8)16-19(17,18)11-5-3-2-4-10(11)14/h2-7H,1H3,(H,15,16). The molecule has 100 valence electrons. The molecule has 0 aliphatic carbocycles. The molecule has 7 heteroatoms. The summed E-state index contributed by atoms with van der Waals surface area (Å²) in [6, 6.07) is 6.89. The highest BCUT2D eigenvalue weighted by atomic mass is 79.9. The van der Waals surface area contributed by atoms with Gasteiger partial charge in [-0.15, -0.1) is 0 Å². The zero-order chi connectivity index (χ0) is 14.0. The third kappa shape index (κ3) is 3.10. The lowest BCUT2D eigenvalue weighted by Gasteiger charge is -2.10. The fraction of sp³-hybridized carbons (Fsp3) is 0.0833. The molecule has 1 aromatic heterocycles. The summed E-state index contributed by atoms with van der Waals surface area (Å²) in [7, 11) is -3.98. The summed E-state index contributed by atoms with van der Waals surface area (Å²) < 4.78 is 40.6. The van der Waals surface area contributed by atoms with Crippen LogP contribution in [0.15, 0.2) is 45.9 Å². The van der Waals surface area contributed by atoms with Crippen LogP contribution >= 0.6 is 15.9 Å². The number of anilines is 1. The molecule has 0 saturated carbocycles. The second-order valence-electron chi connectivity index (χ2n) is 3.85.